The van der Waals surface area contributed by atoms with Crippen LogP contribution >= 0.6 is 0 Å². The van der Waals surface area contributed by atoms with Gasteiger partial charge in [0.15, 0.2) is 0 Å². The molecule has 0 amide bonds. The molecule has 0 nitrogen and oxygen atoms in total. The van der Waals surface area contributed by atoms with Gasteiger partial charge >= 0.3 is 0 Å². The summed E-state index contributed by atoms with van der Waals surface area (Å²) in [6.07, 6.45) is 0. The van der Waals surface area contributed by atoms with Gasteiger partial charge in [-0.1, -0.05) is 194 Å². The van der Waals surface area contributed by atoms with E-state index in [4.69, 9.17) is 0 Å². The maximum Gasteiger partial charge on any atom is -0.00199 e. The van der Waals surface area contributed by atoms with Crippen molar-refractivity contribution in [1.29, 1.82) is 0 Å². The molecule has 11 aromatic carbocycles. The zero-order valence-electron chi connectivity index (χ0n) is 29.6. The summed E-state index contributed by atoms with van der Waals surface area (Å²) < 4.78 is 0. The third-order valence-corrected chi connectivity index (χ3v) is 11.4. The minimum Gasteiger partial charge on any atom is -0.0622 e. The number of hydrogen-bond acceptors (Lipinski definition) is 0. The molecule has 0 atom stereocenters. The molecule has 0 N–H and O–H groups in total. The van der Waals surface area contributed by atoms with Crippen LogP contribution < -0.4 is 0 Å². The third-order valence-electron chi connectivity index (χ3n) is 11.4. The molecule has 11 aromatic rings. The van der Waals surface area contributed by atoms with Gasteiger partial charge in [-0.25, -0.2) is 0 Å². The van der Waals surface area contributed by atoms with Gasteiger partial charge in [0.2, 0.25) is 0 Å². The highest BCUT2D eigenvalue weighted by Gasteiger charge is 2.20. The fourth-order valence-corrected chi connectivity index (χ4v) is 9.15. The van der Waals surface area contributed by atoms with E-state index in [2.05, 4.69) is 206 Å². The summed E-state index contributed by atoms with van der Waals surface area (Å²) in [5, 5.41) is 15.4. The SMILES string of the molecule is c1ccc(-c2ccccc2-c2c3ccccc3c(-c3cccc(-c4cc5c6ccccc6c6ccccc6c5c5ccccc45)c3)c3ccccc23)cc1. The van der Waals surface area contributed by atoms with Crippen LogP contribution in [0.5, 0.6) is 0 Å². The standard InChI is InChI=1S/C54H34/c1-2-17-35(18-3-1)38-21-4-9-26-43(38)53-48-31-14-12-29-46(48)52(47-30-13-15-32-49(47)53)37-20-16-19-36(33-37)50-34-51-41-24-6-5-22-39(41)40-23-7-10-27-44(40)54(51)45-28-11-8-25-42(45)50/h1-34H. The van der Waals surface area contributed by atoms with Crippen LogP contribution in [0.4, 0.5) is 0 Å². The van der Waals surface area contributed by atoms with Crippen LogP contribution in [0, 0.1) is 0 Å². The molecule has 0 aliphatic rings. The molecule has 0 aromatic heterocycles. The highest BCUT2D eigenvalue weighted by Crippen LogP contribution is 2.47. The van der Waals surface area contributed by atoms with Crippen LogP contribution in [0.3, 0.4) is 0 Å². The Balaban J connectivity index is 1.19. The predicted molar refractivity (Wildman–Crippen MR) is 233 cm³/mol. The Labute approximate surface area is 314 Å². The normalized spacial score (nSPS) is 11.7. The molecule has 0 fully saturated rings. The molecule has 0 aliphatic heterocycles. The van der Waals surface area contributed by atoms with Crippen LogP contribution in [-0.2, 0) is 0 Å². The Hall–Kier alpha value is -7.02. The Morgan fingerprint density at radius 1 is 0.185 bits per heavy atom. The smallest absolute Gasteiger partial charge is 0.00199 e. The molecule has 0 saturated heterocycles. The Morgan fingerprint density at radius 3 is 1.22 bits per heavy atom. The summed E-state index contributed by atoms with van der Waals surface area (Å²) in [7, 11) is 0. The Bertz CT molecular complexity index is 3200. The average Bonchev–Trinajstić information content (AvgIpc) is 3.25. The number of rotatable bonds is 4. The van der Waals surface area contributed by atoms with E-state index in [1.165, 1.54) is 109 Å². The summed E-state index contributed by atoms with van der Waals surface area (Å²) in [6.45, 7) is 0. The maximum absolute atomic E-state index is 2.45. The first-order valence-electron chi connectivity index (χ1n) is 18.8. The minimum atomic E-state index is 1.22. The van der Waals surface area contributed by atoms with Crippen LogP contribution in [-0.4, -0.2) is 0 Å². The summed E-state index contributed by atoms with van der Waals surface area (Å²) >= 11 is 0. The summed E-state index contributed by atoms with van der Waals surface area (Å²) in [5.74, 6) is 0. The molecular formula is C54H34. The quantitative estimate of drug-likeness (QED) is 0.128. The van der Waals surface area contributed by atoms with Gasteiger partial charge in [-0.3, -0.25) is 0 Å². The molecule has 0 saturated carbocycles. The van der Waals surface area contributed by atoms with Crippen molar-refractivity contribution in [3.63, 3.8) is 0 Å². The second kappa shape index (κ2) is 12.3. The van der Waals surface area contributed by atoms with Crippen LogP contribution in [0.1, 0.15) is 0 Å². The summed E-state index contributed by atoms with van der Waals surface area (Å²) in [6, 6.07) is 76.0. The van der Waals surface area contributed by atoms with Crippen molar-refractivity contribution in [3.8, 4) is 44.5 Å². The van der Waals surface area contributed by atoms with Gasteiger partial charge in [-0.15, -0.1) is 0 Å². The van der Waals surface area contributed by atoms with Crippen molar-refractivity contribution < 1.29 is 0 Å². The molecule has 11 rings (SSSR count). The van der Waals surface area contributed by atoms with Gasteiger partial charge in [0.05, 0.1) is 0 Å². The summed E-state index contributed by atoms with van der Waals surface area (Å²) in [5.41, 5.74) is 9.95. The average molecular weight is 683 g/mol. The van der Waals surface area contributed by atoms with E-state index in [-0.39, 0.29) is 0 Å². The van der Waals surface area contributed by atoms with E-state index in [0.29, 0.717) is 0 Å². The van der Waals surface area contributed by atoms with Crippen LogP contribution in [0.25, 0.3) is 109 Å². The number of benzene rings is 11. The largest absolute Gasteiger partial charge is 0.0622 e. The Kier molecular flexibility index (Phi) is 6.97. The predicted octanol–water partition coefficient (Wildman–Crippen LogP) is 15.3. The lowest BCUT2D eigenvalue weighted by molar-refractivity contribution is 1.60. The lowest BCUT2D eigenvalue weighted by Gasteiger charge is -2.20. The van der Waals surface area contributed by atoms with E-state index in [9.17, 15) is 0 Å². The van der Waals surface area contributed by atoms with Crippen LogP contribution in [0.2, 0.25) is 0 Å². The molecular weight excluding hydrogens is 649 g/mol. The maximum atomic E-state index is 2.45. The van der Waals surface area contributed by atoms with Gasteiger partial charge in [0.25, 0.3) is 0 Å². The van der Waals surface area contributed by atoms with Gasteiger partial charge in [-0.2, -0.15) is 0 Å². The fourth-order valence-electron chi connectivity index (χ4n) is 9.15. The molecule has 0 radical (unpaired) electrons. The van der Waals surface area contributed by atoms with Crippen LogP contribution in [0.15, 0.2) is 206 Å². The number of hydrogen-bond donors (Lipinski definition) is 0. The van der Waals surface area contributed by atoms with Crippen molar-refractivity contribution in [2.75, 3.05) is 0 Å². The molecule has 0 unspecified atom stereocenters. The van der Waals surface area contributed by atoms with Gasteiger partial charge in [0.1, 0.15) is 0 Å². The lowest BCUT2D eigenvalue weighted by Crippen LogP contribution is -1.93. The van der Waals surface area contributed by atoms with Gasteiger partial charge < -0.3 is 0 Å². The zero-order chi connectivity index (χ0) is 35.6. The van der Waals surface area contributed by atoms with E-state index in [1.807, 2.05) is 0 Å². The second-order valence-electron chi connectivity index (χ2n) is 14.3. The van der Waals surface area contributed by atoms with Crippen molar-refractivity contribution in [2.24, 2.45) is 0 Å². The lowest BCUT2D eigenvalue weighted by atomic mass is 9.83. The first kappa shape index (κ1) is 30.6. The van der Waals surface area contributed by atoms with E-state index < -0.39 is 0 Å². The van der Waals surface area contributed by atoms with E-state index in [1.54, 1.807) is 0 Å². The Morgan fingerprint density at radius 2 is 0.593 bits per heavy atom. The fraction of sp³-hybridized carbons (Fsp3) is 0. The zero-order valence-corrected chi connectivity index (χ0v) is 29.6. The van der Waals surface area contributed by atoms with Crippen molar-refractivity contribution in [1.82, 2.24) is 0 Å². The highest BCUT2D eigenvalue weighted by atomic mass is 14.2. The molecule has 0 heterocycles. The van der Waals surface area contributed by atoms with Crippen molar-refractivity contribution in [3.05, 3.63) is 206 Å². The molecule has 54 heavy (non-hydrogen) atoms. The molecule has 0 aliphatic carbocycles. The third kappa shape index (κ3) is 4.64. The first-order chi connectivity index (χ1) is 26.8. The monoisotopic (exact) mass is 682 g/mol. The van der Waals surface area contributed by atoms with E-state index in [0.717, 1.165) is 0 Å². The first-order valence-corrected chi connectivity index (χ1v) is 18.8. The molecule has 0 spiro atoms. The van der Waals surface area contributed by atoms with Crippen molar-refractivity contribution in [2.45, 2.75) is 0 Å². The number of fused-ring (bicyclic) bond motifs is 10. The topological polar surface area (TPSA) is 0 Å². The highest BCUT2D eigenvalue weighted by molar-refractivity contribution is 6.33. The second-order valence-corrected chi connectivity index (χ2v) is 14.3. The summed E-state index contributed by atoms with van der Waals surface area (Å²) in [4.78, 5) is 0. The van der Waals surface area contributed by atoms with E-state index >= 15 is 0 Å². The van der Waals surface area contributed by atoms with Crippen molar-refractivity contribution >= 4 is 64.6 Å². The molecule has 0 bridgehead atoms. The molecule has 0 heteroatoms. The van der Waals surface area contributed by atoms with Gasteiger partial charge in [0, 0.05) is 0 Å². The minimum absolute atomic E-state index is 1.22. The van der Waals surface area contributed by atoms with Gasteiger partial charge in [-0.05, 0) is 121 Å². The molecule has 250 valence electrons.